The molecule has 1 aromatic rings. The predicted octanol–water partition coefficient (Wildman–Crippen LogP) is 1.21. The quantitative estimate of drug-likeness (QED) is 0.728. The molecule has 0 saturated carbocycles. The second kappa shape index (κ2) is 6.54. The van der Waals surface area contributed by atoms with Crippen molar-refractivity contribution >= 4 is 11.8 Å². The van der Waals surface area contributed by atoms with E-state index in [0.717, 1.165) is 0 Å². The summed E-state index contributed by atoms with van der Waals surface area (Å²) in [6.45, 7) is 0.741. The average molecular weight is 242 g/mol. The van der Waals surface area contributed by atoms with Gasteiger partial charge in [-0.25, -0.2) is 9.78 Å². The van der Waals surface area contributed by atoms with Gasteiger partial charge in [0.2, 0.25) is 0 Å². The number of nitrogens with zero attached hydrogens (tertiary/aromatic N) is 1. The molecule has 0 saturated heterocycles. The zero-order valence-corrected chi connectivity index (χ0v) is 9.60. The number of anilines is 1. The van der Waals surface area contributed by atoms with Crippen LogP contribution in [-0.2, 0) is 4.74 Å². The van der Waals surface area contributed by atoms with Gasteiger partial charge in [0, 0.05) is 13.2 Å². The molecule has 0 radical (unpaired) electrons. The number of amides is 1. The fourth-order valence-electron chi connectivity index (χ4n) is 1.12. The van der Waals surface area contributed by atoms with Crippen molar-refractivity contribution in [1.29, 1.82) is 0 Å². The largest absolute Gasteiger partial charge is 0.485 e. The van der Waals surface area contributed by atoms with Crippen LogP contribution in [0.4, 0.5) is 10.5 Å². The molecule has 7 heteroatoms. The van der Waals surface area contributed by atoms with Gasteiger partial charge in [0.05, 0.1) is 25.6 Å². The molecule has 0 aromatic carbocycles. The second-order valence-electron chi connectivity index (χ2n) is 3.00. The Balaban J connectivity index is 2.78. The molecule has 0 bridgehead atoms. The van der Waals surface area contributed by atoms with Gasteiger partial charge in [0.1, 0.15) is 6.61 Å². The first-order valence-electron chi connectivity index (χ1n) is 4.83. The minimum absolute atomic E-state index is 0.289. The van der Waals surface area contributed by atoms with Crippen LogP contribution in [0, 0.1) is 0 Å². The zero-order valence-electron chi connectivity index (χ0n) is 9.60. The van der Waals surface area contributed by atoms with Crippen LogP contribution in [0.1, 0.15) is 0 Å². The number of rotatable bonds is 6. The SMILES string of the molecule is COCCOc1cc(NC(=O)O)cnc1OC. The van der Waals surface area contributed by atoms with Crippen LogP contribution in [-0.4, -0.2) is 43.6 Å². The molecule has 0 spiro atoms. The van der Waals surface area contributed by atoms with E-state index in [0.29, 0.717) is 24.7 Å². The summed E-state index contributed by atoms with van der Waals surface area (Å²) in [6.07, 6.45) is 0.177. The molecule has 0 aliphatic carbocycles. The first-order valence-corrected chi connectivity index (χ1v) is 4.83. The third kappa shape index (κ3) is 4.15. The molecule has 0 unspecified atom stereocenters. The molecule has 0 fully saturated rings. The number of aromatic nitrogens is 1. The number of pyridine rings is 1. The Kier molecular flexibility index (Phi) is 5.02. The first kappa shape index (κ1) is 13.0. The summed E-state index contributed by atoms with van der Waals surface area (Å²) in [6, 6.07) is 1.50. The second-order valence-corrected chi connectivity index (χ2v) is 3.00. The number of methoxy groups -OCH3 is 2. The first-order chi connectivity index (χ1) is 8.17. The van der Waals surface area contributed by atoms with Crippen molar-refractivity contribution in [1.82, 2.24) is 4.98 Å². The Morgan fingerprint density at radius 1 is 1.47 bits per heavy atom. The predicted molar refractivity (Wildman–Crippen MR) is 59.8 cm³/mol. The van der Waals surface area contributed by atoms with E-state index in [2.05, 4.69) is 10.3 Å². The van der Waals surface area contributed by atoms with Crippen LogP contribution in [0.3, 0.4) is 0 Å². The van der Waals surface area contributed by atoms with Gasteiger partial charge in [-0.05, 0) is 0 Å². The number of ether oxygens (including phenoxy) is 3. The molecule has 0 atom stereocenters. The highest BCUT2D eigenvalue weighted by Crippen LogP contribution is 2.27. The lowest BCUT2D eigenvalue weighted by Gasteiger charge is -2.10. The van der Waals surface area contributed by atoms with E-state index in [4.69, 9.17) is 19.3 Å². The smallest absolute Gasteiger partial charge is 0.409 e. The Morgan fingerprint density at radius 2 is 2.24 bits per heavy atom. The minimum atomic E-state index is -1.17. The molecule has 2 N–H and O–H groups in total. The van der Waals surface area contributed by atoms with Crippen molar-refractivity contribution in [3.8, 4) is 11.6 Å². The van der Waals surface area contributed by atoms with Gasteiger partial charge in [-0.2, -0.15) is 0 Å². The van der Waals surface area contributed by atoms with Gasteiger partial charge in [-0.1, -0.05) is 0 Å². The van der Waals surface area contributed by atoms with Gasteiger partial charge < -0.3 is 19.3 Å². The van der Waals surface area contributed by atoms with Crippen LogP contribution >= 0.6 is 0 Å². The third-order valence-corrected chi connectivity index (χ3v) is 1.81. The van der Waals surface area contributed by atoms with Crippen molar-refractivity contribution in [2.24, 2.45) is 0 Å². The van der Waals surface area contributed by atoms with Gasteiger partial charge >= 0.3 is 6.09 Å². The average Bonchev–Trinajstić information content (AvgIpc) is 2.29. The van der Waals surface area contributed by atoms with E-state index in [1.807, 2.05) is 0 Å². The molecule has 1 aromatic heterocycles. The standard InChI is InChI=1S/C10H14N2O5/c1-15-3-4-17-8-5-7(12-10(13)14)6-11-9(8)16-2/h5-6,12H,3-4H2,1-2H3,(H,13,14). The summed E-state index contributed by atoms with van der Waals surface area (Å²) < 4.78 is 15.2. The molecule has 17 heavy (non-hydrogen) atoms. The number of hydrogen-bond donors (Lipinski definition) is 2. The van der Waals surface area contributed by atoms with Gasteiger partial charge in [-0.3, -0.25) is 5.32 Å². The molecule has 94 valence electrons. The molecule has 0 aliphatic rings. The molecule has 1 amide bonds. The van der Waals surface area contributed by atoms with E-state index in [9.17, 15) is 4.79 Å². The number of nitrogens with one attached hydrogen (secondary N) is 1. The summed E-state index contributed by atoms with van der Waals surface area (Å²) in [5.41, 5.74) is 0.311. The summed E-state index contributed by atoms with van der Waals surface area (Å²) >= 11 is 0. The molecule has 7 nitrogen and oxygen atoms in total. The molecule has 1 rings (SSSR count). The maximum atomic E-state index is 10.5. The lowest BCUT2D eigenvalue weighted by Crippen LogP contribution is -2.09. The Hall–Kier alpha value is -2.02. The Morgan fingerprint density at radius 3 is 2.82 bits per heavy atom. The Bertz CT molecular complexity index is 383. The summed E-state index contributed by atoms with van der Waals surface area (Å²) in [7, 11) is 3.01. The summed E-state index contributed by atoms with van der Waals surface area (Å²) in [5.74, 6) is 0.646. The van der Waals surface area contributed by atoms with Crippen LogP contribution < -0.4 is 14.8 Å². The summed E-state index contributed by atoms with van der Waals surface area (Å²) in [4.78, 5) is 14.4. The number of hydrogen-bond acceptors (Lipinski definition) is 5. The third-order valence-electron chi connectivity index (χ3n) is 1.81. The highest BCUT2D eigenvalue weighted by Gasteiger charge is 2.08. The fourth-order valence-corrected chi connectivity index (χ4v) is 1.12. The lowest BCUT2D eigenvalue weighted by molar-refractivity contribution is 0.143. The monoisotopic (exact) mass is 242 g/mol. The Labute approximate surface area is 98.3 Å². The van der Waals surface area contributed by atoms with E-state index in [1.54, 1.807) is 7.11 Å². The fraction of sp³-hybridized carbons (Fsp3) is 0.400. The van der Waals surface area contributed by atoms with E-state index >= 15 is 0 Å². The van der Waals surface area contributed by atoms with Crippen molar-refractivity contribution < 1.29 is 24.1 Å². The lowest BCUT2D eigenvalue weighted by atomic mass is 10.4. The number of carbonyl (C=O) groups is 1. The topological polar surface area (TPSA) is 89.9 Å². The maximum Gasteiger partial charge on any atom is 0.409 e. The van der Waals surface area contributed by atoms with Crippen molar-refractivity contribution in [2.75, 3.05) is 32.8 Å². The maximum absolute atomic E-state index is 10.5. The van der Waals surface area contributed by atoms with Crippen molar-refractivity contribution in [2.45, 2.75) is 0 Å². The molecular weight excluding hydrogens is 228 g/mol. The van der Waals surface area contributed by atoms with E-state index in [-0.39, 0.29) is 5.88 Å². The van der Waals surface area contributed by atoms with E-state index in [1.165, 1.54) is 19.4 Å². The van der Waals surface area contributed by atoms with Gasteiger partial charge in [-0.15, -0.1) is 0 Å². The zero-order chi connectivity index (χ0) is 12.7. The number of carboxylic acid groups (broad SMARTS) is 1. The molecular formula is C10H14N2O5. The van der Waals surface area contributed by atoms with Crippen LogP contribution in [0.2, 0.25) is 0 Å². The van der Waals surface area contributed by atoms with Crippen LogP contribution in [0.25, 0.3) is 0 Å². The molecule has 1 heterocycles. The highest BCUT2D eigenvalue weighted by molar-refractivity contribution is 5.82. The minimum Gasteiger partial charge on any atom is -0.485 e. The van der Waals surface area contributed by atoms with Crippen LogP contribution in [0.5, 0.6) is 11.6 Å². The highest BCUT2D eigenvalue weighted by atomic mass is 16.5. The van der Waals surface area contributed by atoms with Gasteiger partial charge in [0.15, 0.2) is 5.75 Å². The van der Waals surface area contributed by atoms with Crippen LogP contribution in [0.15, 0.2) is 12.3 Å². The molecule has 0 aliphatic heterocycles. The normalized spacial score (nSPS) is 9.76. The van der Waals surface area contributed by atoms with Gasteiger partial charge in [0.25, 0.3) is 5.88 Å². The summed E-state index contributed by atoms with van der Waals surface area (Å²) in [5, 5.41) is 10.7. The van der Waals surface area contributed by atoms with Crippen molar-refractivity contribution in [3.63, 3.8) is 0 Å². The van der Waals surface area contributed by atoms with E-state index < -0.39 is 6.09 Å². The van der Waals surface area contributed by atoms with Crippen molar-refractivity contribution in [3.05, 3.63) is 12.3 Å².